The fourth-order valence-electron chi connectivity index (χ4n) is 2.32. The van der Waals surface area contributed by atoms with Crippen molar-refractivity contribution in [3.8, 4) is 16.9 Å². The van der Waals surface area contributed by atoms with E-state index in [1.807, 2.05) is 30.5 Å². The van der Waals surface area contributed by atoms with Gasteiger partial charge in [0.25, 0.3) is 0 Å². The van der Waals surface area contributed by atoms with Gasteiger partial charge in [0.05, 0.1) is 5.02 Å². The number of ether oxygens (including phenoxy) is 1. The summed E-state index contributed by atoms with van der Waals surface area (Å²) in [7, 11) is 0. The Balaban J connectivity index is 1.65. The molecule has 3 rings (SSSR count). The Labute approximate surface area is 145 Å². The Morgan fingerprint density at radius 1 is 0.870 bits per heavy atom. The van der Waals surface area contributed by atoms with Crippen LogP contribution in [0.3, 0.4) is 0 Å². The third kappa shape index (κ3) is 4.25. The minimum absolute atomic E-state index is 0.528. The van der Waals surface area contributed by atoms with E-state index in [-0.39, 0.29) is 0 Å². The molecular formula is C19H16Cl2NO+. The number of pyridine rings is 1. The average Bonchev–Trinajstić information content (AvgIpc) is 2.58. The van der Waals surface area contributed by atoms with Crippen LogP contribution in [-0.4, -0.2) is 6.61 Å². The van der Waals surface area contributed by atoms with Crippen molar-refractivity contribution >= 4 is 23.2 Å². The van der Waals surface area contributed by atoms with E-state index in [4.69, 9.17) is 27.9 Å². The highest BCUT2D eigenvalue weighted by atomic mass is 35.5. The second-order valence-corrected chi connectivity index (χ2v) is 5.96. The summed E-state index contributed by atoms with van der Waals surface area (Å²) in [5, 5.41) is 1.13. The Kier molecular flexibility index (Phi) is 5.16. The first-order chi connectivity index (χ1) is 11.2. The second kappa shape index (κ2) is 7.49. The van der Waals surface area contributed by atoms with E-state index >= 15 is 0 Å². The topological polar surface area (TPSA) is 13.1 Å². The fourth-order valence-corrected chi connectivity index (χ4v) is 2.78. The van der Waals surface area contributed by atoms with Crippen molar-refractivity contribution in [1.29, 1.82) is 0 Å². The van der Waals surface area contributed by atoms with Gasteiger partial charge in [0, 0.05) is 16.7 Å². The molecule has 0 unspecified atom stereocenters. The third-order valence-corrected chi connectivity index (χ3v) is 4.00. The summed E-state index contributed by atoms with van der Waals surface area (Å²) in [6.45, 7) is 1.27. The summed E-state index contributed by atoms with van der Waals surface area (Å²) >= 11 is 12.0. The van der Waals surface area contributed by atoms with Gasteiger partial charge in [-0.1, -0.05) is 53.5 Å². The van der Waals surface area contributed by atoms with Gasteiger partial charge in [0.15, 0.2) is 18.9 Å². The number of nitrogens with zero attached hydrogens (tertiary/aromatic N) is 1. The van der Waals surface area contributed by atoms with Crippen LogP contribution in [-0.2, 0) is 6.54 Å². The Morgan fingerprint density at radius 3 is 2.43 bits per heavy atom. The first-order valence-corrected chi connectivity index (χ1v) is 8.10. The van der Waals surface area contributed by atoms with E-state index in [0.29, 0.717) is 22.4 Å². The first-order valence-electron chi connectivity index (χ1n) is 7.35. The van der Waals surface area contributed by atoms with E-state index in [1.54, 1.807) is 18.2 Å². The largest absolute Gasteiger partial charge is 0.485 e. The zero-order chi connectivity index (χ0) is 16.1. The number of hydrogen-bond donors (Lipinski definition) is 0. The van der Waals surface area contributed by atoms with Gasteiger partial charge in [-0.25, -0.2) is 4.57 Å². The summed E-state index contributed by atoms with van der Waals surface area (Å²) in [6, 6.07) is 19.7. The summed E-state index contributed by atoms with van der Waals surface area (Å²) < 4.78 is 7.83. The number of rotatable bonds is 5. The standard InChI is InChI=1S/C19H16Cl2NO/c20-17-8-9-19(18(21)13-17)23-12-11-22-10-4-7-16(14-22)15-5-2-1-3-6-15/h1-10,13-14H,11-12H2/q+1. The predicted octanol–water partition coefficient (Wildman–Crippen LogP) is 5.03. The van der Waals surface area contributed by atoms with Gasteiger partial charge in [0.2, 0.25) is 0 Å². The molecule has 0 atom stereocenters. The van der Waals surface area contributed by atoms with E-state index in [1.165, 1.54) is 11.1 Å². The molecule has 0 N–H and O–H groups in total. The van der Waals surface area contributed by atoms with Crippen LogP contribution >= 0.6 is 23.2 Å². The molecule has 0 saturated carbocycles. The minimum Gasteiger partial charge on any atom is -0.485 e. The van der Waals surface area contributed by atoms with Gasteiger partial charge >= 0.3 is 0 Å². The van der Waals surface area contributed by atoms with Crippen molar-refractivity contribution in [2.24, 2.45) is 0 Å². The molecule has 116 valence electrons. The minimum atomic E-state index is 0.528. The van der Waals surface area contributed by atoms with E-state index in [2.05, 4.69) is 29.0 Å². The van der Waals surface area contributed by atoms with Crippen LogP contribution in [0.4, 0.5) is 0 Å². The molecule has 0 aliphatic carbocycles. The highest BCUT2D eigenvalue weighted by Gasteiger charge is 2.07. The zero-order valence-electron chi connectivity index (χ0n) is 12.5. The third-order valence-electron chi connectivity index (χ3n) is 3.47. The average molecular weight is 345 g/mol. The van der Waals surface area contributed by atoms with Crippen LogP contribution < -0.4 is 9.30 Å². The van der Waals surface area contributed by atoms with Crippen LogP contribution in [0.25, 0.3) is 11.1 Å². The SMILES string of the molecule is Clc1ccc(OCC[n+]2cccc(-c3ccccc3)c2)c(Cl)c1. The van der Waals surface area contributed by atoms with Gasteiger partial charge in [-0.15, -0.1) is 0 Å². The van der Waals surface area contributed by atoms with Crippen molar-refractivity contribution in [3.05, 3.63) is 83.1 Å². The zero-order valence-corrected chi connectivity index (χ0v) is 14.0. The summed E-state index contributed by atoms with van der Waals surface area (Å²) in [6.07, 6.45) is 4.14. The maximum atomic E-state index is 6.10. The van der Waals surface area contributed by atoms with Gasteiger partial charge < -0.3 is 4.74 Å². The Morgan fingerprint density at radius 2 is 1.65 bits per heavy atom. The molecular weight excluding hydrogens is 329 g/mol. The van der Waals surface area contributed by atoms with Crippen molar-refractivity contribution < 1.29 is 9.30 Å². The molecule has 3 aromatic rings. The molecule has 2 nitrogen and oxygen atoms in total. The van der Waals surface area contributed by atoms with E-state index < -0.39 is 0 Å². The number of aromatic nitrogens is 1. The lowest BCUT2D eigenvalue weighted by Crippen LogP contribution is -2.36. The summed E-state index contributed by atoms with van der Waals surface area (Å²) in [5.74, 6) is 0.649. The molecule has 0 aliphatic rings. The number of benzene rings is 2. The molecule has 0 aliphatic heterocycles. The maximum Gasteiger partial charge on any atom is 0.182 e. The predicted molar refractivity (Wildman–Crippen MR) is 94.0 cm³/mol. The van der Waals surface area contributed by atoms with Gasteiger partial charge in [0.1, 0.15) is 12.4 Å². The lowest BCUT2D eigenvalue weighted by molar-refractivity contribution is -0.697. The van der Waals surface area contributed by atoms with Crippen molar-refractivity contribution in [1.82, 2.24) is 0 Å². The first kappa shape index (κ1) is 15.9. The quantitative estimate of drug-likeness (QED) is 0.592. The maximum absolute atomic E-state index is 6.10. The lowest BCUT2D eigenvalue weighted by Gasteiger charge is -2.07. The van der Waals surface area contributed by atoms with Gasteiger partial charge in [-0.05, 0) is 29.8 Å². The molecule has 0 saturated heterocycles. The lowest BCUT2D eigenvalue weighted by atomic mass is 10.1. The molecule has 0 spiro atoms. The van der Waals surface area contributed by atoms with Crippen LogP contribution in [0.2, 0.25) is 10.0 Å². The highest BCUT2D eigenvalue weighted by molar-refractivity contribution is 6.35. The molecule has 0 radical (unpaired) electrons. The van der Waals surface area contributed by atoms with Crippen molar-refractivity contribution in [2.75, 3.05) is 6.61 Å². The monoisotopic (exact) mass is 344 g/mol. The Bertz CT molecular complexity index is 790. The molecule has 1 heterocycles. The Hall–Kier alpha value is -2.03. The van der Waals surface area contributed by atoms with E-state index in [0.717, 1.165) is 6.54 Å². The smallest absolute Gasteiger partial charge is 0.182 e. The van der Waals surface area contributed by atoms with Crippen LogP contribution in [0, 0.1) is 0 Å². The number of hydrogen-bond acceptors (Lipinski definition) is 1. The normalized spacial score (nSPS) is 10.5. The van der Waals surface area contributed by atoms with Gasteiger partial charge in [-0.2, -0.15) is 0 Å². The molecule has 1 aromatic heterocycles. The van der Waals surface area contributed by atoms with Crippen LogP contribution in [0.5, 0.6) is 5.75 Å². The molecule has 2 aromatic carbocycles. The van der Waals surface area contributed by atoms with Crippen LogP contribution in [0.15, 0.2) is 73.1 Å². The second-order valence-electron chi connectivity index (χ2n) is 5.12. The fraction of sp³-hybridized carbons (Fsp3) is 0.105. The van der Waals surface area contributed by atoms with Crippen LogP contribution in [0.1, 0.15) is 0 Å². The summed E-state index contributed by atoms with van der Waals surface area (Å²) in [5.41, 5.74) is 2.38. The summed E-state index contributed by atoms with van der Waals surface area (Å²) in [4.78, 5) is 0. The number of halogens is 2. The van der Waals surface area contributed by atoms with E-state index in [9.17, 15) is 0 Å². The van der Waals surface area contributed by atoms with Crippen molar-refractivity contribution in [3.63, 3.8) is 0 Å². The molecule has 0 fully saturated rings. The molecule has 4 heteroatoms. The molecule has 0 bridgehead atoms. The molecule has 23 heavy (non-hydrogen) atoms. The van der Waals surface area contributed by atoms with Crippen molar-refractivity contribution in [2.45, 2.75) is 6.54 Å². The highest BCUT2D eigenvalue weighted by Crippen LogP contribution is 2.27. The van der Waals surface area contributed by atoms with Gasteiger partial charge in [-0.3, -0.25) is 0 Å². The molecule has 0 amide bonds.